The van der Waals surface area contributed by atoms with E-state index in [1.165, 1.54) is 64.2 Å². The fourth-order valence-electron chi connectivity index (χ4n) is 9.77. The Morgan fingerprint density at radius 1 is 0.893 bits per heavy atom. The maximum Gasteiger partial charge on any atom is 0.0581 e. The van der Waals surface area contributed by atoms with Crippen LogP contribution >= 0.6 is 0 Å². The van der Waals surface area contributed by atoms with Gasteiger partial charge in [0.2, 0.25) is 0 Å². The molecular weight excluding hydrogens is 340 g/mol. The lowest BCUT2D eigenvalue weighted by atomic mass is 9.44. The lowest BCUT2D eigenvalue weighted by Gasteiger charge is -2.60. The van der Waals surface area contributed by atoms with E-state index in [1.54, 1.807) is 12.8 Å². The molecule has 5 aliphatic rings. The Hall–Kier alpha value is -0.0400. The van der Waals surface area contributed by atoms with Gasteiger partial charge in [-0.25, -0.2) is 0 Å². The van der Waals surface area contributed by atoms with Gasteiger partial charge in [0.15, 0.2) is 0 Å². The molecule has 1 saturated heterocycles. The van der Waals surface area contributed by atoms with Crippen LogP contribution in [0.4, 0.5) is 0 Å². The first-order chi connectivity index (χ1) is 13.4. The first-order valence-electron chi connectivity index (χ1n) is 13.1. The monoisotopic (exact) mass is 386 g/mol. The Morgan fingerprint density at radius 3 is 2.54 bits per heavy atom. The third-order valence-electron chi connectivity index (χ3n) is 11.1. The molecule has 0 unspecified atom stereocenters. The summed E-state index contributed by atoms with van der Waals surface area (Å²) in [6.45, 7) is 11.2. The molecule has 0 aromatic rings. The molecule has 28 heavy (non-hydrogen) atoms. The van der Waals surface area contributed by atoms with E-state index >= 15 is 0 Å². The molecule has 1 nitrogen and oxygen atoms in total. The number of hydrogen-bond donors (Lipinski definition) is 0. The van der Waals surface area contributed by atoms with Gasteiger partial charge < -0.3 is 4.74 Å². The topological polar surface area (TPSA) is 9.23 Å². The Kier molecular flexibility index (Phi) is 5.17. The van der Waals surface area contributed by atoms with Crippen molar-refractivity contribution >= 4 is 0 Å². The van der Waals surface area contributed by atoms with Gasteiger partial charge in [-0.1, -0.05) is 47.0 Å². The van der Waals surface area contributed by atoms with Crippen LogP contribution in [-0.4, -0.2) is 12.7 Å². The number of rotatable bonds is 5. The molecule has 0 aromatic carbocycles. The molecule has 1 heteroatoms. The van der Waals surface area contributed by atoms with E-state index in [1.807, 2.05) is 0 Å². The molecule has 4 aliphatic carbocycles. The Balaban J connectivity index is 1.31. The van der Waals surface area contributed by atoms with Crippen LogP contribution in [0.25, 0.3) is 0 Å². The SMILES string of the molecule is CC(C)CCC[C@H](C)[C@@H]1CC[C@@H]2[C@H]3CC[C@H]4CC[C@H]5C[C@@]4(CO5)[C@@H]3CC[C@]21C. The summed E-state index contributed by atoms with van der Waals surface area (Å²) < 4.78 is 6.35. The Labute approximate surface area is 174 Å². The highest BCUT2D eigenvalue weighted by atomic mass is 16.5. The molecule has 1 spiro atoms. The average Bonchev–Trinajstić information content (AvgIpc) is 3.18. The van der Waals surface area contributed by atoms with Crippen LogP contribution in [-0.2, 0) is 4.74 Å². The van der Waals surface area contributed by atoms with E-state index in [0.29, 0.717) is 16.9 Å². The molecule has 0 aromatic heterocycles. The van der Waals surface area contributed by atoms with Crippen LogP contribution in [0.15, 0.2) is 0 Å². The Bertz CT molecular complexity index is 569. The van der Waals surface area contributed by atoms with Crippen molar-refractivity contribution in [1.82, 2.24) is 0 Å². The molecule has 1 heterocycles. The van der Waals surface area contributed by atoms with Gasteiger partial charge in [0.05, 0.1) is 12.7 Å². The second-order valence-corrected chi connectivity index (χ2v) is 12.6. The fraction of sp³-hybridized carbons (Fsp3) is 1.00. The zero-order valence-electron chi connectivity index (χ0n) is 19.2. The summed E-state index contributed by atoms with van der Waals surface area (Å²) in [6.07, 6.45) is 18.4. The van der Waals surface area contributed by atoms with Crippen LogP contribution in [0.1, 0.15) is 105 Å². The standard InChI is InChI=1S/C27H46O/c1-18(2)6-5-7-19(3)23-12-13-24-22-11-9-20-8-10-21-16-27(20,17-28-21)25(22)14-15-26(23,24)4/h18-25H,5-17H2,1-4H3/t19-,20+,21-,22+,23-,24+,25+,26-,27-/m0/s1. The maximum atomic E-state index is 6.35. The summed E-state index contributed by atoms with van der Waals surface area (Å²) in [5.41, 5.74) is 1.25. The second kappa shape index (κ2) is 7.28. The lowest BCUT2D eigenvalue weighted by Crippen LogP contribution is -2.54. The van der Waals surface area contributed by atoms with Crippen LogP contribution in [0.2, 0.25) is 0 Å². The van der Waals surface area contributed by atoms with E-state index in [-0.39, 0.29) is 0 Å². The van der Waals surface area contributed by atoms with Crippen molar-refractivity contribution in [1.29, 1.82) is 0 Å². The molecule has 0 amide bonds. The molecular formula is C27H46O. The highest BCUT2D eigenvalue weighted by Gasteiger charge is 2.63. The number of hydrogen-bond acceptors (Lipinski definition) is 1. The van der Waals surface area contributed by atoms with Crippen molar-refractivity contribution in [2.45, 2.75) is 111 Å². The number of ether oxygens (including phenoxy) is 1. The van der Waals surface area contributed by atoms with E-state index in [2.05, 4.69) is 27.7 Å². The minimum atomic E-state index is 0.605. The predicted molar refractivity (Wildman–Crippen MR) is 117 cm³/mol. The lowest BCUT2D eigenvalue weighted by molar-refractivity contribution is -0.111. The van der Waals surface area contributed by atoms with Crippen molar-refractivity contribution in [2.24, 2.45) is 52.3 Å². The van der Waals surface area contributed by atoms with Crippen LogP contribution in [0, 0.1) is 52.3 Å². The summed E-state index contributed by atoms with van der Waals surface area (Å²) >= 11 is 0. The van der Waals surface area contributed by atoms with Gasteiger partial charge in [-0.05, 0) is 105 Å². The van der Waals surface area contributed by atoms with Crippen molar-refractivity contribution in [3.8, 4) is 0 Å². The fourth-order valence-corrected chi connectivity index (χ4v) is 9.77. The summed E-state index contributed by atoms with van der Waals surface area (Å²) in [5.74, 6) is 6.88. The van der Waals surface area contributed by atoms with Gasteiger partial charge in [-0.3, -0.25) is 0 Å². The molecule has 1 aliphatic heterocycles. The third kappa shape index (κ3) is 2.96. The van der Waals surface area contributed by atoms with Gasteiger partial charge in [-0.15, -0.1) is 0 Å². The summed E-state index contributed by atoms with van der Waals surface area (Å²) in [6, 6.07) is 0. The van der Waals surface area contributed by atoms with Gasteiger partial charge in [0.25, 0.3) is 0 Å². The highest BCUT2D eigenvalue weighted by Crippen LogP contribution is 2.69. The molecule has 160 valence electrons. The van der Waals surface area contributed by atoms with Crippen LogP contribution in [0.3, 0.4) is 0 Å². The molecule has 2 bridgehead atoms. The van der Waals surface area contributed by atoms with Gasteiger partial charge in [0, 0.05) is 5.41 Å². The van der Waals surface area contributed by atoms with Crippen molar-refractivity contribution in [2.75, 3.05) is 6.61 Å². The average molecular weight is 387 g/mol. The maximum absolute atomic E-state index is 6.35. The molecule has 9 atom stereocenters. The van der Waals surface area contributed by atoms with Crippen molar-refractivity contribution < 1.29 is 4.74 Å². The van der Waals surface area contributed by atoms with E-state index in [0.717, 1.165) is 48.0 Å². The zero-order valence-corrected chi connectivity index (χ0v) is 19.2. The molecule has 0 N–H and O–H groups in total. The zero-order chi connectivity index (χ0) is 19.5. The van der Waals surface area contributed by atoms with Gasteiger partial charge in [0.1, 0.15) is 0 Å². The van der Waals surface area contributed by atoms with Crippen LogP contribution in [0.5, 0.6) is 0 Å². The predicted octanol–water partition coefficient (Wildman–Crippen LogP) is 7.49. The smallest absolute Gasteiger partial charge is 0.0581 e. The minimum absolute atomic E-state index is 0.605. The van der Waals surface area contributed by atoms with Crippen molar-refractivity contribution in [3.63, 3.8) is 0 Å². The largest absolute Gasteiger partial charge is 0.378 e. The third-order valence-corrected chi connectivity index (χ3v) is 11.1. The summed E-state index contributed by atoms with van der Waals surface area (Å²) in [4.78, 5) is 0. The van der Waals surface area contributed by atoms with E-state index in [9.17, 15) is 0 Å². The summed E-state index contributed by atoms with van der Waals surface area (Å²) in [7, 11) is 0. The molecule has 4 saturated carbocycles. The van der Waals surface area contributed by atoms with Gasteiger partial charge >= 0.3 is 0 Å². The van der Waals surface area contributed by atoms with Gasteiger partial charge in [-0.2, -0.15) is 0 Å². The number of fused-ring (bicyclic) bond motifs is 4. The van der Waals surface area contributed by atoms with E-state index < -0.39 is 0 Å². The first-order valence-corrected chi connectivity index (χ1v) is 13.1. The van der Waals surface area contributed by atoms with Crippen LogP contribution < -0.4 is 0 Å². The van der Waals surface area contributed by atoms with Crippen molar-refractivity contribution in [3.05, 3.63) is 0 Å². The molecule has 5 fully saturated rings. The Morgan fingerprint density at radius 2 is 1.71 bits per heavy atom. The first kappa shape index (κ1) is 19.9. The highest BCUT2D eigenvalue weighted by molar-refractivity contribution is 5.12. The second-order valence-electron chi connectivity index (χ2n) is 12.6. The molecule has 5 rings (SSSR count). The van der Waals surface area contributed by atoms with E-state index in [4.69, 9.17) is 4.74 Å². The quantitative estimate of drug-likeness (QED) is 0.475. The summed E-state index contributed by atoms with van der Waals surface area (Å²) in [5, 5.41) is 0. The molecule has 0 radical (unpaired) electrons. The normalized spacial score (nSPS) is 50.9. The minimum Gasteiger partial charge on any atom is -0.378 e.